The number of alkyl halides is 3. The van der Waals surface area contributed by atoms with Crippen LogP contribution < -0.4 is 0 Å². The summed E-state index contributed by atoms with van der Waals surface area (Å²) in [6, 6.07) is 1.13. The van der Waals surface area contributed by atoms with E-state index < -0.39 is 21.9 Å². The number of nitrogens with zero attached hydrogens (tertiary/aromatic N) is 3. The molecule has 2 rings (SSSR count). The van der Waals surface area contributed by atoms with E-state index in [4.69, 9.17) is 0 Å². The van der Waals surface area contributed by atoms with Crippen LogP contribution in [0, 0.1) is 0 Å². The normalized spacial score (nSPS) is 25.4. The predicted octanol–water partition coefficient (Wildman–Crippen LogP) is 1.81. The van der Waals surface area contributed by atoms with Crippen molar-refractivity contribution in [2.24, 2.45) is 0 Å². The molecular weight excluding hydrogens is 319 g/mol. The Bertz CT molecular complexity index is 619. The first-order chi connectivity index (χ1) is 10.0. The average Bonchev–Trinajstić information content (AvgIpc) is 2.36. The molecule has 124 valence electrons. The third kappa shape index (κ3) is 3.26. The fourth-order valence-corrected chi connectivity index (χ4v) is 4.62. The van der Waals surface area contributed by atoms with Crippen molar-refractivity contribution in [3.8, 4) is 0 Å². The molecule has 22 heavy (non-hydrogen) atoms. The molecule has 2 heterocycles. The summed E-state index contributed by atoms with van der Waals surface area (Å²) >= 11 is 0. The van der Waals surface area contributed by atoms with Gasteiger partial charge in [-0.3, -0.25) is 4.98 Å². The van der Waals surface area contributed by atoms with Crippen LogP contribution in [0.15, 0.2) is 23.2 Å². The highest BCUT2D eigenvalue weighted by Gasteiger charge is 2.38. The number of piperazine rings is 1. The topological polar surface area (TPSA) is 53.5 Å². The Morgan fingerprint density at radius 3 is 2.14 bits per heavy atom. The zero-order valence-electron chi connectivity index (χ0n) is 12.5. The van der Waals surface area contributed by atoms with E-state index in [2.05, 4.69) is 4.98 Å². The average molecular weight is 337 g/mol. The van der Waals surface area contributed by atoms with Gasteiger partial charge in [0, 0.05) is 31.4 Å². The van der Waals surface area contributed by atoms with E-state index in [0.29, 0.717) is 19.2 Å². The Balaban J connectivity index is 2.34. The Labute approximate surface area is 127 Å². The molecule has 2 atom stereocenters. The molecule has 0 N–H and O–H groups in total. The molecule has 2 unspecified atom stereocenters. The summed E-state index contributed by atoms with van der Waals surface area (Å²) in [4.78, 5) is 5.04. The van der Waals surface area contributed by atoms with Gasteiger partial charge < -0.3 is 4.90 Å². The Hall–Kier alpha value is -1.19. The monoisotopic (exact) mass is 337 g/mol. The first-order valence-electron chi connectivity index (χ1n) is 6.79. The van der Waals surface area contributed by atoms with Gasteiger partial charge in [0.15, 0.2) is 0 Å². The molecule has 1 aliphatic heterocycles. The van der Waals surface area contributed by atoms with Gasteiger partial charge in [-0.1, -0.05) is 0 Å². The molecule has 0 bridgehead atoms. The van der Waals surface area contributed by atoms with Crippen LogP contribution in [0.2, 0.25) is 0 Å². The maximum Gasteiger partial charge on any atom is 0.433 e. The Morgan fingerprint density at radius 1 is 1.18 bits per heavy atom. The van der Waals surface area contributed by atoms with Crippen LogP contribution >= 0.6 is 0 Å². The summed E-state index contributed by atoms with van der Waals surface area (Å²) < 4.78 is 64.2. The van der Waals surface area contributed by atoms with Gasteiger partial charge >= 0.3 is 6.18 Å². The molecule has 0 amide bonds. The second-order valence-electron chi connectivity index (χ2n) is 5.63. The lowest BCUT2D eigenvalue weighted by molar-refractivity contribution is -0.141. The number of aromatic nitrogens is 1. The Morgan fingerprint density at radius 2 is 1.73 bits per heavy atom. The molecule has 1 aromatic rings. The first-order valence-corrected chi connectivity index (χ1v) is 8.23. The fourth-order valence-electron chi connectivity index (χ4n) is 2.87. The van der Waals surface area contributed by atoms with Crippen molar-refractivity contribution < 1.29 is 21.6 Å². The summed E-state index contributed by atoms with van der Waals surface area (Å²) in [5, 5.41) is 0. The van der Waals surface area contributed by atoms with Crippen molar-refractivity contribution >= 4 is 10.0 Å². The van der Waals surface area contributed by atoms with Gasteiger partial charge in [0.1, 0.15) is 10.6 Å². The predicted molar refractivity (Wildman–Crippen MR) is 74.7 cm³/mol. The SMILES string of the molecule is CC1CN(C)CC(C)N1S(=O)(=O)c1ccc(C(F)(F)F)nc1. The molecule has 0 aliphatic carbocycles. The lowest BCUT2D eigenvalue weighted by Crippen LogP contribution is -2.57. The quantitative estimate of drug-likeness (QED) is 0.826. The van der Waals surface area contributed by atoms with Gasteiger partial charge in [-0.05, 0) is 33.0 Å². The number of rotatable bonds is 2. The van der Waals surface area contributed by atoms with E-state index in [9.17, 15) is 21.6 Å². The maximum absolute atomic E-state index is 12.7. The van der Waals surface area contributed by atoms with Crippen LogP contribution in [0.1, 0.15) is 19.5 Å². The van der Waals surface area contributed by atoms with Crippen LogP contribution in [0.3, 0.4) is 0 Å². The second kappa shape index (κ2) is 5.78. The lowest BCUT2D eigenvalue weighted by Gasteiger charge is -2.41. The van der Waals surface area contributed by atoms with Gasteiger partial charge in [-0.2, -0.15) is 17.5 Å². The molecule has 1 saturated heterocycles. The summed E-state index contributed by atoms with van der Waals surface area (Å²) in [5.74, 6) is 0. The largest absolute Gasteiger partial charge is 0.433 e. The molecule has 1 aromatic heterocycles. The minimum atomic E-state index is -4.59. The van der Waals surface area contributed by atoms with E-state index in [1.54, 1.807) is 13.8 Å². The van der Waals surface area contributed by atoms with Crippen molar-refractivity contribution in [2.45, 2.75) is 37.0 Å². The van der Waals surface area contributed by atoms with Crippen LogP contribution in [0.5, 0.6) is 0 Å². The van der Waals surface area contributed by atoms with E-state index >= 15 is 0 Å². The van der Waals surface area contributed by atoms with E-state index in [0.717, 1.165) is 12.3 Å². The van der Waals surface area contributed by atoms with Gasteiger partial charge in [0.05, 0.1) is 0 Å². The zero-order valence-corrected chi connectivity index (χ0v) is 13.3. The summed E-state index contributed by atoms with van der Waals surface area (Å²) in [7, 11) is -1.97. The van der Waals surface area contributed by atoms with Gasteiger partial charge in [0.2, 0.25) is 10.0 Å². The van der Waals surface area contributed by atoms with E-state index in [1.807, 2.05) is 11.9 Å². The van der Waals surface area contributed by atoms with Crippen LogP contribution in [0.25, 0.3) is 0 Å². The van der Waals surface area contributed by atoms with Crippen molar-refractivity contribution in [1.82, 2.24) is 14.2 Å². The smallest absolute Gasteiger partial charge is 0.303 e. The van der Waals surface area contributed by atoms with Gasteiger partial charge in [-0.15, -0.1) is 0 Å². The minimum Gasteiger partial charge on any atom is -0.303 e. The molecule has 1 fully saturated rings. The highest BCUT2D eigenvalue weighted by atomic mass is 32.2. The van der Waals surface area contributed by atoms with Crippen molar-refractivity contribution in [3.05, 3.63) is 24.0 Å². The number of pyridine rings is 1. The van der Waals surface area contributed by atoms with Gasteiger partial charge in [0.25, 0.3) is 0 Å². The lowest BCUT2D eigenvalue weighted by atomic mass is 10.2. The highest BCUT2D eigenvalue weighted by molar-refractivity contribution is 7.89. The summed E-state index contributed by atoms with van der Waals surface area (Å²) in [5.41, 5.74) is -1.11. The molecule has 9 heteroatoms. The number of hydrogen-bond acceptors (Lipinski definition) is 4. The number of halogens is 3. The number of hydrogen-bond donors (Lipinski definition) is 0. The van der Waals surface area contributed by atoms with E-state index in [-0.39, 0.29) is 17.0 Å². The molecule has 1 aliphatic rings. The Kier molecular flexibility index (Phi) is 4.51. The molecule has 0 aromatic carbocycles. The van der Waals surface area contributed by atoms with Crippen molar-refractivity contribution in [3.63, 3.8) is 0 Å². The summed E-state index contributed by atoms with van der Waals surface area (Å²) in [6.45, 7) is 4.69. The maximum atomic E-state index is 12.7. The number of likely N-dealkylation sites (N-methyl/N-ethyl adjacent to an activating group) is 1. The molecule has 0 saturated carbocycles. The first kappa shape index (κ1) is 17.2. The fraction of sp³-hybridized carbons (Fsp3) is 0.615. The zero-order chi connectivity index (χ0) is 16.7. The van der Waals surface area contributed by atoms with Crippen molar-refractivity contribution in [1.29, 1.82) is 0 Å². The molecule has 0 spiro atoms. The minimum absolute atomic E-state index is 0.219. The molecule has 5 nitrogen and oxygen atoms in total. The second-order valence-corrected chi connectivity index (χ2v) is 7.47. The van der Waals surface area contributed by atoms with Crippen LogP contribution in [-0.2, 0) is 16.2 Å². The third-order valence-electron chi connectivity index (χ3n) is 3.62. The summed E-state index contributed by atoms with van der Waals surface area (Å²) in [6.07, 6.45) is -3.81. The standard InChI is InChI=1S/C13H18F3N3O2S/c1-9-7-18(3)8-10(2)19(9)22(20,21)11-4-5-12(17-6-11)13(14,15)16/h4-6,9-10H,7-8H2,1-3H3. The van der Waals surface area contributed by atoms with Crippen LogP contribution in [0.4, 0.5) is 13.2 Å². The van der Waals surface area contributed by atoms with Gasteiger partial charge in [-0.25, -0.2) is 8.42 Å². The van der Waals surface area contributed by atoms with Crippen LogP contribution in [-0.4, -0.2) is 54.8 Å². The molecular formula is C13H18F3N3O2S. The third-order valence-corrected chi connectivity index (χ3v) is 5.73. The highest BCUT2D eigenvalue weighted by Crippen LogP contribution is 2.29. The molecule has 0 radical (unpaired) electrons. The number of sulfonamides is 1. The van der Waals surface area contributed by atoms with Crippen molar-refractivity contribution in [2.75, 3.05) is 20.1 Å². The van der Waals surface area contributed by atoms with E-state index in [1.165, 1.54) is 4.31 Å².